The molecule has 4 nitrogen and oxygen atoms in total. The van der Waals surface area contributed by atoms with Crippen molar-refractivity contribution in [3.63, 3.8) is 0 Å². The van der Waals surface area contributed by atoms with Crippen LogP contribution in [0.25, 0.3) is 0 Å². The number of carbonyl (C=O) groups is 1. The maximum absolute atomic E-state index is 11.8. The summed E-state index contributed by atoms with van der Waals surface area (Å²) in [5.41, 5.74) is 4.60. The van der Waals surface area contributed by atoms with Crippen molar-refractivity contribution in [1.29, 1.82) is 0 Å². The molecule has 1 N–H and O–H groups in total. The van der Waals surface area contributed by atoms with Gasteiger partial charge in [0.1, 0.15) is 5.69 Å². The zero-order valence-corrected chi connectivity index (χ0v) is 11.3. The summed E-state index contributed by atoms with van der Waals surface area (Å²) in [6.07, 6.45) is 9.07. The summed E-state index contributed by atoms with van der Waals surface area (Å²) in [4.78, 5) is 19.7. The van der Waals surface area contributed by atoms with Gasteiger partial charge < -0.3 is 5.32 Å². The molecule has 1 aromatic heterocycles. The second-order valence-corrected chi connectivity index (χ2v) is 5.05. The normalized spacial score (nSPS) is 13.0. The smallest absolute Gasteiger partial charge is 0.271 e. The second kappa shape index (κ2) is 5.82. The molecule has 0 bridgehead atoms. The average Bonchev–Trinajstić information content (AvgIpc) is 2.95. The topological polar surface area (TPSA) is 54.9 Å². The fourth-order valence-electron chi connectivity index (χ4n) is 2.61. The van der Waals surface area contributed by atoms with Gasteiger partial charge in [0.15, 0.2) is 0 Å². The molecule has 3 rings (SSSR count). The van der Waals surface area contributed by atoms with Gasteiger partial charge in [-0.1, -0.05) is 18.2 Å². The lowest BCUT2D eigenvalue weighted by molar-refractivity contribution is 0.0949. The molecular formula is C16H17N3O. The van der Waals surface area contributed by atoms with E-state index < -0.39 is 0 Å². The Morgan fingerprint density at radius 1 is 1.20 bits per heavy atom. The summed E-state index contributed by atoms with van der Waals surface area (Å²) in [7, 11) is 0. The molecule has 1 heterocycles. The quantitative estimate of drug-likeness (QED) is 0.921. The summed E-state index contributed by atoms with van der Waals surface area (Å²) in [5, 5.41) is 2.87. The highest BCUT2D eigenvalue weighted by Gasteiger charge is 2.11. The molecule has 0 aliphatic heterocycles. The van der Waals surface area contributed by atoms with Gasteiger partial charge in [-0.2, -0.15) is 0 Å². The molecule has 0 fully saturated rings. The van der Waals surface area contributed by atoms with Crippen LogP contribution in [-0.2, 0) is 19.3 Å². The van der Waals surface area contributed by atoms with E-state index in [9.17, 15) is 4.79 Å². The third-order valence-electron chi connectivity index (χ3n) is 3.66. The molecule has 2 aromatic rings. The van der Waals surface area contributed by atoms with Crippen LogP contribution in [0.4, 0.5) is 0 Å². The number of amides is 1. The number of hydrogen-bond acceptors (Lipinski definition) is 3. The number of aryl methyl sites for hydroxylation is 2. The summed E-state index contributed by atoms with van der Waals surface area (Å²) < 4.78 is 0. The van der Waals surface area contributed by atoms with Crippen molar-refractivity contribution in [3.8, 4) is 0 Å². The van der Waals surface area contributed by atoms with Crippen molar-refractivity contribution in [2.24, 2.45) is 0 Å². The number of aromatic nitrogens is 2. The lowest BCUT2D eigenvalue weighted by atomic mass is 10.0. The van der Waals surface area contributed by atoms with Crippen LogP contribution in [0.1, 0.15) is 33.6 Å². The molecule has 0 radical (unpaired) electrons. The fraction of sp³-hybridized carbons (Fsp3) is 0.312. The van der Waals surface area contributed by atoms with Gasteiger partial charge in [-0.05, 0) is 42.4 Å². The highest BCUT2D eigenvalue weighted by Crippen LogP contribution is 2.22. The Labute approximate surface area is 118 Å². The molecular weight excluding hydrogens is 250 g/mol. The first-order chi connectivity index (χ1) is 9.83. The summed E-state index contributed by atoms with van der Waals surface area (Å²) in [5.74, 6) is -0.167. The van der Waals surface area contributed by atoms with Crippen molar-refractivity contribution >= 4 is 5.91 Å². The third kappa shape index (κ3) is 2.85. The van der Waals surface area contributed by atoms with E-state index in [1.807, 2.05) is 0 Å². The Morgan fingerprint density at radius 2 is 2.10 bits per heavy atom. The van der Waals surface area contributed by atoms with Gasteiger partial charge in [0.2, 0.25) is 0 Å². The molecule has 20 heavy (non-hydrogen) atoms. The minimum atomic E-state index is -0.167. The molecule has 1 aliphatic carbocycles. The lowest BCUT2D eigenvalue weighted by Crippen LogP contribution is -2.26. The number of nitrogens with zero attached hydrogens (tertiary/aromatic N) is 2. The zero-order chi connectivity index (χ0) is 13.8. The molecule has 0 spiro atoms. The van der Waals surface area contributed by atoms with E-state index >= 15 is 0 Å². The first kappa shape index (κ1) is 12.8. The Hall–Kier alpha value is -2.23. The van der Waals surface area contributed by atoms with Gasteiger partial charge in [-0.3, -0.25) is 9.78 Å². The molecule has 0 unspecified atom stereocenters. The summed E-state index contributed by atoms with van der Waals surface area (Å²) in [6, 6.07) is 6.66. The minimum Gasteiger partial charge on any atom is -0.350 e. The molecule has 1 amide bonds. The average molecular weight is 267 g/mol. The van der Waals surface area contributed by atoms with E-state index in [1.165, 1.54) is 48.3 Å². The number of benzene rings is 1. The van der Waals surface area contributed by atoms with E-state index in [0.29, 0.717) is 12.2 Å². The summed E-state index contributed by atoms with van der Waals surface area (Å²) in [6.45, 7) is 0.619. The van der Waals surface area contributed by atoms with Crippen LogP contribution in [0, 0.1) is 0 Å². The van der Waals surface area contributed by atoms with Crippen LogP contribution in [0.3, 0.4) is 0 Å². The highest BCUT2D eigenvalue weighted by atomic mass is 16.1. The molecule has 0 atom stereocenters. The molecule has 102 valence electrons. The Morgan fingerprint density at radius 3 is 2.95 bits per heavy atom. The third-order valence-corrected chi connectivity index (χ3v) is 3.66. The van der Waals surface area contributed by atoms with Crippen LogP contribution in [0.2, 0.25) is 0 Å². The minimum absolute atomic E-state index is 0.167. The van der Waals surface area contributed by atoms with E-state index in [1.54, 1.807) is 6.20 Å². The first-order valence-corrected chi connectivity index (χ1v) is 6.98. The predicted molar refractivity (Wildman–Crippen MR) is 76.5 cm³/mol. The zero-order valence-electron chi connectivity index (χ0n) is 11.3. The SMILES string of the molecule is O=C(NCCc1ccc2c(c1)CCC2)c1cnccn1. The van der Waals surface area contributed by atoms with Crippen molar-refractivity contribution < 1.29 is 4.79 Å². The molecule has 1 aliphatic rings. The van der Waals surface area contributed by atoms with Crippen LogP contribution in [-0.4, -0.2) is 22.4 Å². The van der Waals surface area contributed by atoms with Crippen LogP contribution in [0.15, 0.2) is 36.8 Å². The van der Waals surface area contributed by atoms with Crippen molar-refractivity contribution in [3.05, 3.63) is 59.2 Å². The van der Waals surface area contributed by atoms with Crippen molar-refractivity contribution in [2.45, 2.75) is 25.7 Å². The van der Waals surface area contributed by atoms with Crippen molar-refractivity contribution in [2.75, 3.05) is 6.54 Å². The van der Waals surface area contributed by atoms with Crippen LogP contribution in [0.5, 0.6) is 0 Å². The Bertz CT molecular complexity index is 610. The summed E-state index contributed by atoms with van der Waals surface area (Å²) >= 11 is 0. The monoisotopic (exact) mass is 267 g/mol. The molecule has 0 saturated heterocycles. The molecule has 0 saturated carbocycles. The lowest BCUT2D eigenvalue weighted by Gasteiger charge is -2.06. The van der Waals surface area contributed by atoms with Crippen LogP contribution >= 0.6 is 0 Å². The van der Waals surface area contributed by atoms with Gasteiger partial charge in [0, 0.05) is 18.9 Å². The maximum atomic E-state index is 11.8. The van der Waals surface area contributed by atoms with E-state index in [4.69, 9.17) is 0 Å². The van der Waals surface area contributed by atoms with E-state index in [0.717, 1.165) is 6.42 Å². The highest BCUT2D eigenvalue weighted by molar-refractivity contribution is 5.91. The molecule has 1 aromatic carbocycles. The number of rotatable bonds is 4. The maximum Gasteiger partial charge on any atom is 0.271 e. The number of fused-ring (bicyclic) bond motifs is 1. The standard InChI is InChI=1S/C16H17N3O/c20-16(15-11-17-8-9-18-15)19-7-6-12-4-5-13-2-1-3-14(13)10-12/h4-5,8-11H,1-3,6-7H2,(H,19,20). The predicted octanol–water partition coefficient (Wildman–Crippen LogP) is 1.94. The van der Waals surface area contributed by atoms with Crippen molar-refractivity contribution in [1.82, 2.24) is 15.3 Å². The fourth-order valence-corrected chi connectivity index (χ4v) is 2.61. The van der Waals surface area contributed by atoms with Gasteiger partial charge >= 0.3 is 0 Å². The largest absolute Gasteiger partial charge is 0.350 e. The second-order valence-electron chi connectivity index (χ2n) is 5.05. The first-order valence-electron chi connectivity index (χ1n) is 6.98. The van der Waals surface area contributed by atoms with Gasteiger partial charge in [0.05, 0.1) is 6.20 Å². The Balaban J connectivity index is 1.54. The molecule has 4 heteroatoms. The van der Waals surface area contributed by atoms with Gasteiger partial charge in [-0.15, -0.1) is 0 Å². The van der Waals surface area contributed by atoms with Crippen LogP contribution < -0.4 is 5.32 Å². The van der Waals surface area contributed by atoms with E-state index in [-0.39, 0.29) is 5.91 Å². The number of nitrogens with one attached hydrogen (secondary N) is 1. The van der Waals surface area contributed by atoms with E-state index in [2.05, 4.69) is 33.5 Å². The van der Waals surface area contributed by atoms with Gasteiger partial charge in [-0.25, -0.2) is 4.98 Å². The van der Waals surface area contributed by atoms with Gasteiger partial charge in [0.25, 0.3) is 5.91 Å². The number of hydrogen-bond donors (Lipinski definition) is 1. The Kier molecular flexibility index (Phi) is 3.72. The number of carbonyl (C=O) groups excluding carboxylic acids is 1.